The van der Waals surface area contributed by atoms with Crippen molar-refractivity contribution in [3.05, 3.63) is 35.4 Å². The first-order chi connectivity index (χ1) is 9.73. The molecule has 0 saturated heterocycles. The minimum absolute atomic E-state index is 0.0235. The summed E-state index contributed by atoms with van der Waals surface area (Å²) in [5, 5.41) is 10.1. The van der Waals surface area contributed by atoms with Gasteiger partial charge in [-0.25, -0.2) is 0 Å². The predicted octanol–water partition coefficient (Wildman–Crippen LogP) is 3.95. The van der Waals surface area contributed by atoms with Crippen molar-refractivity contribution >= 4 is 0 Å². The van der Waals surface area contributed by atoms with E-state index in [1.807, 2.05) is 12.1 Å². The first-order valence-corrected chi connectivity index (χ1v) is 7.30. The highest BCUT2D eigenvalue weighted by molar-refractivity contribution is 5.24. The van der Waals surface area contributed by atoms with Crippen LogP contribution < -0.4 is 0 Å². The third-order valence-corrected chi connectivity index (χ3v) is 3.42. The van der Waals surface area contributed by atoms with Gasteiger partial charge in [0.15, 0.2) is 0 Å². The molecule has 0 aromatic heterocycles. The molecule has 1 aromatic rings. The molecule has 1 atom stereocenters. The summed E-state index contributed by atoms with van der Waals surface area (Å²) in [5.74, 6) is 0. The molecule has 0 heterocycles. The van der Waals surface area contributed by atoms with Crippen molar-refractivity contribution in [2.45, 2.75) is 51.9 Å². The molecule has 0 fully saturated rings. The van der Waals surface area contributed by atoms with Gasteiger partial charge in [0.1, 0.15) is 0 Å². The Bertz CT molecular complexity index is 415. The van der Waals surface area contributed by atoms with E-state index in [0.29, 0.717) is 5.56 Å². The second-order valence-electron chi connectivity index (χ2n) is 5.65. The van der Waals surface area contributed by atoms with Gasteiger partial charge in [-0.05, 0) is 31.4 Å². The third-order valence-electron chi connectivity index (χ3n) is 3.42. The molecule has 0 aliphatic carbocycles. The molecular formula is C16H24F3NO. The Morgan fingerprint density at radius 2 is 1.71 bits per heavy atom. The summed E-state index contributed by atoms with van der Waals surface area (Å²) in [5.41, 5.74) is 1.83. The van der Waals surface area contributed by atoms with Crippen LogP contribution in [0.4, 0.5) is 13.2 Å². The fraction of sp³-hybridized carbons (Fsp3) is 0.625. The van der Waals surface area contributed by atoms with Gasteiger partial charge in [0.05, 0.1) is 12.6 Å². The van der Waals surface area contributed by atoms with Crippen molar-refractivity contribution in [1.82, 2.24) is 4.90 Å². The number of hydrogen-bond donors (Lipinski definition) is 1. The Morgan fingerprint density at radius 3 is 2.14 bits per heavy atom. The molecule has 0 bridgehead atoms. The van der Waals surface area contributed by atoms with Crippen LogP contribution in [0.3, 0.4) is 0 Å². The Kier molecular flexibility index (Phi) is 6.68. The van der Waals surface area contributed by atoms with Gasteiger partial charge >= 0.3 is 6.18 Å². The zero-order chi connectivity index (χ0) is 16.0. The number of alkyl halides is 3. The number of nitrogens with zero attached hydrogens (tertiary/aromatic N) is 1. The third kappa shape index (κ3) is 6.48. The fourth-order valence-corrected chi connectivity index (χ4v) is 2.21. The van der Waals surface area contributed by atoms with E-state index in [-0.39, 0.29) is 12.6 Å². The zero-order valence-electron chi connectivity index (χ0n) is 12.8. The summed E-state index contributed by atoms with van der Waals surface area (Å²) < 4.78 is 37.6. The maximum absolute atomic E-state index is 12.5. The number of benzene rings is 1. The highest BCUT2D eigenvalue weighted by Crippen LogP contribution is 2.22. The maximum Gasteiger partial charge on any atom is 0.401 e. The highest BCUT2D eigenvalue weighted by Gasteiger charge is 2.32. The quantitative estimate of drug-likeness (QED) is 0.824. The van der Waals surface area contributed by atoms with E-state index in [1.165, 1.54) is 10.5 Å². The van der Waals surface area contributed by atoms with Crippen LogP contribution in [0.15, 0.2) is 24.3 Å². The Labute approximate surface area is 124 Å². The van der Waals surface area contributed by atoms with Crippen LogP contribution in [-0.4, -0.2) is 35.3 Å². The first kappa shape index (κ1) is 18.0. The van der Waals surface area contributed by atoms with Gasteiger partial charge in [-0.2, -0.15) is 13.2 Å². The fourth-order valence-electron chi connectivity index (χ4n) is 2.21. The van der Waals surface area contributed by atoms with Crippen molar-refractivity contribution in [3.63, 3.8) is 0 Å². The number of aliphatic hydroxyl groups is 1. The predicted molar refractivity (Wildman–Crippen MR) is 78.2 cm³/mol. The summed E-state index contributed by atoms with van der Waals surface area (Å²) in [6.07, 6.45) is -3.17. The summed E-state index contributed by atoms with van der Waals surface area (Å²) in [6, 6.07) is 7.15. The molecule has 0 radical (unpaired) electrons. The monoisotopic (exact) mass is 303 g/mol. The van der Waals surface area contributed by atoms with E-state index < -0.39 is 18.8 Å². The van der Waals surface area contributed by atoms with E-state index in [1.54, 1.807) is 26.0 Å². The molecule has 0 saturated carbocycles. The molecule has 1 rings (SSSR count). The number of hydrogen-bond acceptors (Lipinski definition) is 2. The molecule has 0 spiro atoms. The lowest BCUT2D eigenvalue weighted by atomic mass is 10.0. The van der Waals surface area contributed by atoms with Crippen LogP contribution in [0, 0.1) is 0 Å². The summed E-state index contributed by atoms with van der Waals surface area (Å²) >= 11 is 0. The molecule has 0 aliphatic rings. The molecule has 1 N–H and O–H groups in total. The van der Waals surface area contributed by atoms with Gasteiger partial charge in [-0.3, -0.25) is 4.90 Å². The second-order valence-corrected chi connectivity index (χ2v) is 5.65. The Morgan fingerprint density at radius 1 is 1.14 bits per heavy atom. The maximum atomic E-state index is 12.5. The van der Waals surface area contributed by atoms with Gasteiger partial charge in [-0.15, -0.1) is 0 Å². The van der Waals surface area contributed by atoms with Gasteiger partial charge in [0.25, 0.3) is 0 Å². The van der Waals surface area contributed by atoms with Crippen molar-refractivity contribution < 1.29 is 18.3 Å². The smallest absolute Gasteiger partial charge is 0.387 e. The van der Waals surface area contributed by atoms with E-state index in [2.05, 4.69) is 6.92 Å². The number of aryl methyl sites for hydroxylation is 1. The molecule has 0 amide bonds. The SMILES string of the molecule is CCCc1ccc(C(O)CN(CC(F)(F)F)C(C)C)cc1. The molecular weight excluding hydrogens is 279 g/mol. The molecule has 21 heavy (non-hydrogen) atoms. The molecule has 1 aromatic carbocycles. The van der Waals surface area contributed by atoms with Crippen LogP contribution in [-0.2, 0) is 6.42 Å². The molecule has 2 nitrogen and oxygen atoms in total. The van der Waals surface area contributed by atoms with Crippen LogP contribution in [0.25, 0.3) is 0 Å². The van der Waals surface area contributed by atoms with Crippen LogP contribution in [0.2, 0.25) is 0 Å². The topological polar surface area (TPSA) is 23.5 Å². The minimum Gasteiger partial charge on any atom is -0.387 e. The van der Waals surface area contributed by atoms with Crippen LogP contribution in [0.1, 0.15) is 44.4 Å². The molecule has 120 valence electrons. The lowest BCUT2D eigenvalue weighted by Gasteiger charge is -2.29. The summed E-state index contributed by atoms with van der Waals surface area (Å²) in [7, 11) is 0. The van der Waals surface area contributed by atoms with Crippen molar-refractivity contribution in [3.8, 4) is 0 Å². The number of aliphatic hydroxyl groups excluding tert-OH is 1. The molecule has 1 unspecified atom stereocenters. The summed E-state index contributed by atoms with van der Waals surface area (Å²) in [6.45, 7) is 4.45. The normalized spacial score (nSPS) is 14.0. The standard InChI is InChI=1S/C16H24F3NO/c1-4-5-13-6-8-14(9-7-13)15(21)10-20(12(2)3)11-16(17,18)19/h6-9,12,15,21H,4-5,10-11H2,1-3H3. The first-order valence-electron chi connectivity index (χ1n) is 7.30. The van der Waals surface area contributed by atoms with Crippen LogP contribution >= 0.6 is 0 Å². The van der Waals surface area contributed by atoms with E-state index in [9.17, 15) is 18.3 Å². The number of halogens is 3. The average molecular weight is 303 g/mol. The Hall–Kier alpha value is -1.07. The van der Waals surface area contributed by atoms with Crippen LogP contribution in [0.5, 0.6) is 0 Å². The van der Waals surface area contributed by atoms with Gasteiger partial charge in [-0.1, -0.05) is 37.6 Å². The van der Waals surface area contributed by atoms with Crippen molar-refractivity contribution in [2.75, 3.05) is 13.1 Å². The van der Waals surface area contributed by atoms with Gasteiger partial charge < -0.3 is 5.11 Å². The molecule has 5 heteroatoms. The van der Waals surface area contributed by atoms with E-state index >= 15 is 0 Å². The largest absolute Gasteiger partial charge is 0.401 e. The van der Waals surface area contributed by atoms with Crippen molar-refractivity contribution in [1.29, 1.82) is 0 Å². The lowest BCUT2D eigenvalue weighted by molar-refractivity contribution is -0.152. The average Bonchev–Trinajstić information content (AvgIpc) is 2.37. The van der Waals surface area contributed by atoms with Crippen molar-refractivity contribution in [2.24, 2.45) is 0 Å². The van der Waals surface area contributed by atoms with E-state index in [0.717, 1.165) is 12.8 Å². The van der Waals surface area contributed by atoms with Gasteiger partial charge in [0.2, 0.25) is 0 Å². The highest BCUT2D eigenvalue weighted by atomic mass is 19.4. The van der Waals surface area contributed by atoms with Gasteiger partial charge in [0, 0.05) is 12.6 Å². The van der Waals surface area contributed by atoms with E-state index in [4.69, 9.17) is 0 Å². The second kappa shape index (κ2) is 7.80. The number of rotatable bonds is 7. The summed E-state index contributed by atoms with van der Waals surface area (Å²) in [4.78, 5) is 1.24. The zero-order valence-corrected chi connectivity index (χ0v) is 12.8. The minimum atomic E-state index is -4.25. The molecule has 0 aliphatic heterocycles. The lowest BCUT2D eigenvalue weighted by Crippen LogP contribution is -2.41. The Balaban J connectivity index is 2.70.